The molecule has 0 saturated carbocycles. The average molecular weight is 340 g/mol. The topological polar surface area (TPSA) is 51.1 Å². The third-order valence-corrected chi connectivity index (χ3v) is 5.65. The first-order valence-electron chi connectivity index (χ1n) is 7.96. The Balaban J connectivity index is 2.24. The van der Waals surface area contributed by atoms with Crippen LogP contribution in [-0.2, 0) is 23.0 Å². The summed E-state index contributed by atoms with van der Waals surface area (Å²) >= 11 is 0. The molecular formula is C17H25FN2O2S. The number of hydrogen-bond acceptors (Lipinski definition) is 2. The lowest BCUT2D eigenvalue weighted by molar-refractivity contribution is 0.533. The summed E-state index contributed by atoms with van der Waals surface area (Å²) in [6, 6.07) is 4.76. The van der Waals surface area contributed by atoms with Crippen LogP contribution in [0.3, 0.4) is 0 Å². The van der Waals surface area contributed by atoms with E-state index < -0.39 is 15.3 Å². The van der Waals surface area contributed by atoms with Crippen LogP contribution in [0.5, 0.6) is 0 Å². The highest BCUT2D eigenvalue weighted by molar-refractivity contribution is 7.90. The molecule has 2 rings (SSSR count). The highest BCUT2D eigenvalue weighted by atomic mass is 32.2. The van der Waals surface area contributed by atoms with E-state index in [0.717, 1.165) is 23.0 Å². The van der Waals surface area contributed by atoms with Crippen LogP contribution in [0, 0.1) is 11.7 Å². The van der Waals surface area contributed by atoms with Crippen molar-refractivity contribution in [3.8, 4) is 0 Å². The van der Waals surface area contributed by atoms with Gasteiger partial charge in [0.15, 0.2) is 0 Å². The Hall–Kier alpha value is -1.40. The lowest BCUT2D eigenvalue weighted by Crippen LogP contribution is -2.32. The Morgan fingerprint density at radius 1 is 1.22 bits per heavy atom. The van der Waals surface area contributed by atoms with E-state index in [1.54, 1.807) is 26.0 Å². The summed E-state index contributed by atoms with van der Waals surface area (Å²) in [5.74, 6) is 0.189. The summed E-state index contributed by atoms with van der Waals surface area (Å²) in [4.78, 5) is 0. The fourth-order valence-electron chi connectivity index (χ4n) is 2.58. The van der Waals surface area contributed by atoms with Crippen molar-refractivity contribution in [2.75, 3.05) is 6.54 Å². The maximum atomic E-state index is 13.6. The zero-order valence-electron chi connectivity index (χ0n) is 14.1. The van der Waals surface area contributed by atoms with Crippen LogP contribution < -0.4 is 4.72 Å². The number of benzene rings is 1. The average Bonchev–Trinajstić information content (AvgIpc) is 2.75. The zero-order valence-corrected chi connectivity index (χ0v) is 15.0. The Morgan fingerprint density at radius 3 is 2.52 bits per heavy atom. The van der Waals surface area contributed by atoms with Gasteiger partial charge in [0, 0.05) is 24.7 Å². The van der Waals surface area contributed by atoms with Gasteiger partial charge in [-0.1, -0.05) is 13.8 Å². The van der Waals surface area contributed by atoms with E-state index in [-0.39, 0.29) is 5.82 Å². The van der Waals surface area contributed by atoms with E-state index in [1.807, 2.05) is 6.20 Å². The summed E-state index contributed by atoms with van der Waals surface area (Å²) in [7, 11) is -3.26. The molecule has 0 saturated heterocycles. The van der Waals surface area contributed by atoms with Crippen LogP contribution in [0.4, 0.5) is 4.39 Å². The number of halogens is 1. The van der Waals surface area contributed by atoms with E-state index in [9.17, 15) is 12.8 Å². The van der Waals surface area contributed by atoms with Crippen LogP contribution in [0.1, 0.15) is 33.3 Å². The van der Waals surface area contributed by atoms with Crippen LogP contribution in [0.25, 0.3) is 10.9 Å². The van der Waals surface area contributed by atoms with Gasteiger partial charge in [0.25, 0.3) is 0 Å². The van der Waals surface area contributed by atoms with Crippen molar-refractivity contribution >= 4 is 20.9 Å². The van der Waals surface area contributed by atoms with Crippen LogP contribution in [0.15, 0.2) is 24.4 Å². The van der Waals surface area contributed by atoms with Crippen molar-refractivity contribution < 1.29 is 12.8 Å². The van der Waals surface area contributed by atoms with E-state index in [2.05, 4.69) is 23.1 Å². The van der Waals surface area contributed by atoms with Gasteiger partial charge in [-0.05, 0) is 49.9 Å². The maximum Gasteiger partial charge on any atom is 0.213 e. The summed E-state index contributed by atoms with van der Waals surface area (Å²) in [5, 5.41) is 0.537. The molecule has 1 aromatic carbocycles. The quantitative estimate of drug-likeness (QED) is 0.841. The molecule has 4 nitrogen and oxygen atoms in total. The molecule has 0 spiro atoms. The summed E-state index contributed by atoms with van der Waals surface area (Å²) in [6.07, 6.45) is 2.59. The van der Waals surface area contributed by atoms with Crippen molar-refractivity contribution in [1.82, 2.24) is 9.29 Å². The minimum Gasteiger partial charge on any atom is -0.347 e. The van der Waals surface area contributed by atoms with Gasteiger partial charge in [0.05, 0.1) is 10.8 Å². The van der Waals surface area contributed by atoms with E-state index in [1.165, 1.54) is 6.07 Å². The van der Waals surface area contributed by atoms with E-state index in [4.69, 9.17) is 0 Å². The van der Waals surface area contributed by atoms with Crippen molar-refractivity contribution in [1.29, 1.82) is 0 Å². The number of sulfonamides is 1. The molecule has 23 heavy (non-hydrogen) atoms. The van der Waals surface area contributed by atoms with Gasteiger partial charge in [-0.2, -0.15) is 0 Å². The summed E-state index contributed by atoms with van der Waals surface area (Å²) in [6.45, 7) is 8.68. The Morgan fingerprint density at radius 2 is 1.91 bits per heavy atom. The minimum absolute atomic E-state index is 0.257. The molecule has 1 heterocycles. The maximum absolute atomic E-state index is 13.6. The molecule has 6 heteroatoms. The minimum atomic E-state index is -3.26. The van der Waals surface area contributed by atoms with Gasteiger partial charge in [-0.3, -0.25) is 0 Å². The second-order valence-electron chi connectivity index (χ2n) is 6.60. The number of nitrogens with one attached hydrogen (secondary N) is 1. The van der Waals surface area contributed by atoms with Crippen molar-refractivity contribution in [2.24, 2.45) is 5.92 Å². The first-order valence-corrected chi connectivity index (χ1v) is 9.51. The van der Waals surface area contributed by atoms with Crippen LogP contribution >= 0.6 is 0 Å². The molecular weight excluding hydrogens is 315 g/mol. The first kappa shape index (κ1) is 17.9. The molecule has 0 fully saturated rings. The van der Waals surface area contributed by atoms with Gasteiger partial charge in [-0.25, -0.2) is 17.5 Å². The molecule has 0 radical (unpaired) electrons. The predicted molar refractivity (Wildman–Crippen MR) is 92.5 cm³/mol. The first-order chi connectivity index (χ1) is 10.7. The molecule has 1 N–H and O–H groups in total. The smallest absolute Gasteiger partial charge is 0.213 e. The fraction of sp³-hybridized carbons (Fsp3) is 0.529. The second-order valence-corrected chi connectivity index (χ2v) is 8.92. The Bertz CT molecular complexity index is 779. The molecule has 0 aliphatic rings. The standard InChI is InChI=1S/C17H25FN2O2S/c1-12(2)10-20-11-14(7-8-19-23(21,22)13(3)4)16-6-5-15(18)9-17(16)20/h5-6,9,11-13,19H,7-8,10H2,1-4H3. The molecule has 0 atom stereocenters. The zero-order chi connectivity index (χ0) is 17.2. The van der Waals surface area contributed by atoms with Gasteiger partial charge in [0.2, 0.25) is 10.0 Å². The monoisotopic (exact) mass is 340 g/mol. The highest BCUT2D eigenvalue weighted by Crippen LogP contribution is 2.24. The Labute approximate surface area is 137 Å². The third-order valence-electron chi connectivity index (χ3n) is 3.81. The van der Waals surface area contributed by atoms with Crippen molar-refractivity contribution in [3.63, 3.8) is 0 Å². The molecule has 0 unspecified atom stereocenters. The van der Waals surface area contributed by atoms with Gasteiger partial charge < -0.3 is 4.57 Å². The van der Waals surface area contributed by atoms with Crippen molar-refractivity contribution in [3.05, 3.63) is 35.8 Å². The second kappa shape index (κ2) is 7.01. The fourth-order valence-corrected chi connectivity index (χ4v) is 3.30. The highest BCUT2D eigenvalue weighted by Gasteiger charge is 2.16. The number of rotatable bonds is 7. The normalized spacial score (nSPS) is 12.7. The van der Waals surface area contributed by atoms with Gasteiger partial charge in [0.1, 0.15) is 5.82 Å². The number of aromatic nitrogens is 1. The van der Waals surface area contributed by atoms with E-state index in [0.29, 0.717) is 18.9 Å². The molecule has 0 aliphatic carbocycles. The molecule has 2 aromatic rings. The summed E-state index contributed by atoms with van der Waals surface area (Å²) < 4.78 is 41.9. The van der Waals surface area contributed by atoms with Crippen molar-refractivity contribution in [2.45, 2.75) is 45.9 Å². The molecule has 0 aliphatic heterocycles. The van der Waals surface area contributed by atoms with Gasteiger partial charge in [-0.15, -0.1) is 0 Å². The lowest BCUT2D eigenvalue weighted by Gasteiger charge is -2.09. The number of fused-ring (bicyclic) bond motifs is 1. The number of nitrogens with zero attached hydrogens (tertiary/aromatic N) is 1. The number of hydrogen-bond donors (Lipinski definition) is 1. The predicted octanol–water partition coefficient (Wildman–Crippen LogP) is 3.31. The van der Waals surface area contributed by atoms with E-state index >= 15 is 0 Å². The largest absolute Gasteiger partial charge is 0.347 e. The van der Waals surface area contributed by atoms with Crippen LogP contribution in [-0.4, -0.2) is 24.8 Å². The van der Waals surface area contributed by atoms with Crippen LogP contribution in [0.2, 0.25) is 0 Å². The van der Waals surface area contributed by atoms with Gasteiger partial charge >= 0.3 is 0 Å². The molecule has 0 amide bonds. The third kappa shape index (κ3) is 4.32. The molecule has 0 bridgehead atoms. The summed E-state index contributed by atoms with van der Waals surface area (Å²) in [5.41, 5.74) is 1.90. The molecule has 128 valence electrons. The Kier molecular flexibility index (Phi) is 5.47. The SMILES string of the molecule is CC(C)Cn1cc(CCNS(=O)(=O)C(C)C)c2ccc(F)cc21. The molecule has 1 aromatic heterocycles. The lowest BCUT2D eigenvalue weighted by atomic mass is 10.1.